The van der Waals surface area contributed by atoms with Crippen LogP contribution in [0.25, 0.3) is 11.3 Å². The minimum atomic E-state index is -0.970. The third-order valence-corrected chi connectivity index (χ3v) is 9.48. The smallest absolute Gasteiger partial charge is 0.260 e. The largest absolute Gasteiger partial charge is 0.311 e. The number of nitrogens with one attached hydrogen (secondary N) is 2. The number of aromatic amines is 1. The van der Waals surface area contributed by atoms with Crippen molar-refractivity contribution in [3.8, 4) is 11.3 Å². The highest BCUT2D eigenvalue weighted by Gasteiger charge is 2.40. The van der Waals surface area contributed by atoms with E-state index in [0.29, 0.717) is 23.8 Å². The standard InChI is InChI=1S/C19H22N8OS2.ClH/c1-26(14-4-12-2-3-13(5-14)24-12)30-18-17(29-10-21-18)25-19(30)27-9-20-15(6-16(27)28)11-7-22-23-8-11;/h6-10,12-14,24,30H,2-5H2,1H3,(H,22,23);1H/t12-,13+,14-;. The molecule has 0 saturated carbocycles. The van der Waals surface area contributed by atoms with Gasteiger partial charge in [0.1, 0.15) is 11.4 Å². The van der Waals surface area contributed by atoms with Crippen LogP contribution >= 0.6 is 34.8 Å². The summed E-state index contributed by atoms with van der Waals surface area (Å²) in [5.74, 6) is 0. The second kappa shape index (κ2) is 8.14. The second-order valence-corrected chi connectivity index (χ2v) is 10.9. The van der Waals surface area contributed by atoms with Crippen LogP contribution in [0, 0.1) is 0 Å². The number of hydrogen-bond acceptors (Lipinski definition) is 8. The summed E-state index contributed by atoms with van der Waals surface area (Å²) in [5, 5.41) is 13.1. The van der Waals surface area contributed by atoms with Gasteiger partial charge in [0.2, 0.25) is 0 Å². The predicted octanol–water partition coefficient (Wildman–Crippen LogP) is 2.55. The van der Waals surface area contributed by atoms with Crippen molar-refractivity contribution in [3.63, 3.8) is 0 Å². The van der Waals surface area contributed by atoms with Gasteiger partial charge in [0.05, 0.1) is 17.4 Å². The molecule has 2 fully saturated rings. The van der Waals surface area contributed by atoms with Gasteiger partial charge in [-0.1, -0.05) is 11.1 Å². The zero-order valence-electron chi connectivity index (χ0n) is 16.8. The number of H-pyrrole nitrogens is 1. The fourth-order valence-corrected chi connectivity index (χ4v) is 8.08. The monoisotopic (exact) mass is 478 g/mol. The van der Waals surface area contributed by atoms with E-state index in [9.17, 15) is 4.79 Å². The van der Waals surface area contributed by atoms with Gasteiger partial charge in [-0.15, -0.1) is 23.7 Å². The Morgan fingerprint density at radius 1 is 1.26 bits per heavy atom. The summed E-state index contributed by atoms with van der Waals surface area (Å²) in [6.07, 6.45) is 9.76. The van der Waals surface area contributed by atoms with E-state index in [-0.39, 0.29) is 18.0 Å². The normalized spacial score (nSPS) is 27.7. The third-order valence-electron chi connectivity index (χ3n) is 6.23. The first-order valence-corrected chi connectivity index (χ1v) is 12.2. The van der Waals surface area contributed by atoms with Gasteiger partial charge in [0, 0.05) is 36.0 Å². The number of aromatic nitrogens is 5. The Morgan fingerprint density at radius 3 is 2.77 bits per heavy atom. The number of halogens is 1. The molecule has 164 valence electrons. The van der Waals surface area contributed by atoms with Crippen molar-refractivity contribution in [1.82, 2.24) is 34.4 Å². The minimum absolute atomic E-state index is 0. The average molecular weight is 479 g/mol. The second-order valence-electron chi connectivity index (χ2n) is 8.01. The van der Waals surface area contributed by atoms with Gasteiger partial charge in [0.25, 0.3) is 5.56 Å². The average Bonchev–Trinajstić information content (AvgIpc) is 3.52. The number of nitrogens with zero attached hydrogens (tertiary/aromatic N) is 6. The van der Waals surface area contributed by atoms with Crippen LogP contribution in [0.4, 0.5) is 5.00 Å². The topological polar surface area (TPSA) is 104 Å². The van der Waals surface area contributed by atoms with Crippen LogP contribution in [0.3, 0.4) is 0 Å². The molecule has 3 aliphatic rings. The summed E-state index contributed by atoms with van der Waals surface area (Å²) in [7, 11) is 2.17. The first-order valence-electron chi connectivity index (χ1n) is 10.1. The molecule has 2 bridgehead atoms. The molecule has 0 aliphatic carbocycles. The Bertz CT molecular complexity index is 1160. The van der Waals surface area contributed by atoms with Gasteiger partial charge in [-0.25, -0.2) is 19.5 Å². The molecule has 1 unspecified atom stereocenters. The van der Waals surface area contributed by atoms with Crippen molar-refractivity contribution in [3.05, 3.63) is 40.7 Å². The van der Waals surface area contributed by atoms with E-state index in [0.717, 1.165) is 33.6 Å². The molecule has 0 spiro atoms. The highest BCUT2D eigenvalue weighted by atomic mass is 35.5. The van der Waals surface area contributed by atoms with Gasteiger partial charge in [-0.05, 0) is 32.7 Å². The molecule has 6 rings (SSSR count). The van der Waals surface area contributed by atoms with Crippen LogP contribution in [0.5, 0.6) is 0 Å². The zero-order chi connectivity index (χ0) is 20.2. The van der Waals surface area contributed by atoms with Crippen molar-refractivity contribution in [1.29, 1.82) is 0 Å². The van der Waals surface area contributed by atoms with Crippen molar-refractivity contribution in [2.45, 2.75) is 48.8 Å². The molecule has 9 nitrogen and oxygen atoms in total. The molecule has 2 saturated heterocycles. The molecule has 0 aromatic carbocycles. The number of hydrogen-bond donors (Lipinski definition) is 3. The molecular weight excluding hydrogens is 456 g/mol. The highest BCUT2D eigenvalue weighted by Crippen LogP contribution is 2.54. The van der Waals surface area contributed by atoms with Crippen molar-refractivity contribution in [2.75, 3.05) is 7.05 Å². The molecule has 6 heterocycles. The number of piperidine rings is 1. The Kier molecular flexibility index (Phi) is 5.47. The van der Waals surface area contributed by atoms with Crippen molar-refractivity contribution < 1.29 is 0 Å². The van der Waals surface area contributed by atoms with Crippen LogP contribution in [0.1, 0.15) is 25.7 Å². The van der Waals surface area contributed by atoms with E-state index in [4.69, 9.17) is 4.99 Å². The molecule has 0 amide bonds. The lowest BCUT2D eigenvalue weighted by atomic mass is 10.0. The van der Waals surface area contributed by atoms with Crippen molar-refractivity contribution >= 4 is 45.0 Å². The molecule has 31 heavy (non-hydrogen) atoms. The molecule has 0 radical (unpaired) electrons. The first-order chi connectivity index (χ1) is 14.7. The molecule has 2 N–H and O–H groups in total. The van der Waals surface area contributed by atoms with Gasteiger partial charge >= 0.3 is 0 Å². The molecule has 4 atom stereocenters. The number of thiazole rings is 1. The Labute approximate surface area is 191 Å². The van der Waals surface area contributed by atoms with E-state index >= 15 is 0 Å². The number of rotatable bonds is 3. The lowest BCUT2D eigenvalue weighted by Crippen LogP contribution is -2.46. The van der Waals surface area contributed by atoms with Crippen molar-refractivity contribution in [2.24, 2.45) is 4.99 Å². The maximum Gasteiger partial charge on any atom is 0.260 e. The lowest BCUT2D eigenvalue weighted by Gasteiger charge is -2.40. The Balaban J connectivity index is 0.00000204. The first kappa shape index (κ1) is 20.8. The van der Waals surface area contributed by atoms with Gasteiger partial charge in [0.15, 0.2) is 10.2 Å². The summed E-state index contributed by atoms with van der Waals surface area (Å²) in [6.45, 7) is 0. The maximum absolute atomic E-state index is 13.0. The number of fused-ring (bicyclic) bond motifs is 3. The van der Waals surface area contributed by atoms with Crippen LogP contribution in [0.2, 0.25) is 0 Å². The Hall–Kier alpha value is -2.05. The number of thiol groups is 1. The zero-order valence-corrected chi connectivity index (χ0v) is 19.3. The molecule has 12 heteroatoms. The van der Waals surface area contributed by atoms with Crippen LogP contribution in [-0.2, 0) is 0 Å². The van der Waals surface area contributed by atoms with Crippen LogP contribution < -0.4 is 10.9 Å². The highest BCUT2D eigenvalue weighted by molar-refractivity contribution is 8.28. The summed E-state index contributed by atoms with van der Waals surface area (Å²) in [6, 6.07) is 3.21. The Morgan fingerprint density at radius 2 is 2.06 bits per heavy atom. The lowest BCUT2D eigenvalue weighted by molar-refractivity contribution is 0.264. The molecular formula is C19H23ClN8OS2. The maximum atomic E-state index is 13.0. The van der Waals surface area contributed by atoms with E-state index in [1.807, 2.05) is 5.51 Å². The quantitative estimate of drug-likeness (QED) is 0.500. The molecule has 3 aliphatic heterocycles. The van der Waals surface area contributed by atoms with Crippen LogP contribution in [-0.4, -0.2) is 59.4 Å². The minimum Gasteiger partial charge on any atom is -0.311 e. The summed E-state index contributed by atoms with van der Waals surface area (Å²) in [4.78, 5) is 27.0. The third kappa shape index (κ3) is 3.54. The van der Waals surface area contributed by atoms with Gasteiger partial charge in [-0.3, -0.25) is 14.2 Å². The van der Waals surface area contributed by atoms with E-state index in [1.54, 1.807) is 29.4 Å². The van der Waals surface area contributed by atoms with E-state index < -0.39 is 11.1 Å². The van der Waals surface area contributed by atoms with E-state index in [1.165, 1.54) is 24.2 Å². The van der Waals surface area contributed by atoms with E-state index in [2.05, 4.69) is 36.8 Å². The summed E-state index contributed by atoms with van der Waals surface area (Å²) >= 11 is 0.560. The number of aliphatic imine (C=N–C) groups is 1. The molecule has 3 aromatic rings. The fourth-order valence-electron chi connectivity index (χ4n) is 4.73. The van der Waals surface area contributed by atoms with Gasteiger partial charge in [-0.2, -0.15) is 5.10 Å². The van der Waals surface area contributed by atoms with Gasteiger partial charge < -0.3 is 5.32 Å². The predicted molar refractivity (Wildman–Crippen MR) is 126 cm³/mol. The SMILES string of the molecule is CN([C@@H]1C[C@H]2CC[C@@H](C1)N2)[SH]1C(n2cnc(-c3cn[nH]c3)cc2=O)=Nc2scnc21.Cl. The molecule has 3 aromatic heterocycles. The van der Waals surface area contributed by atoms with Crippen LogP contribution in [0.15, 0.2) is 45.1 Å². The summed E-state index contributed by atoms with van der Waals surface area (Å²) in [5.41, 5.74) is 3.10. The summed E-state index contributed by atoms with van der Waals surface area (Å²) < 4.78 is 4.03. The fraction of sp³-hybridized carbons (Fsp3) is 0.421.